The van der Waals surface area contributed by atoms with E-state index in [1.807, 2.05) is 0 Å². The number of nitrogens with two attached hydrogens (primary N) is 1. The maximum absolute atomic E-state index is 13.5. The summed E-state index contributed by atoms with van der Waals surface area (Å²) < 4.78 is 49.5. The van der Waals surface area contributed by atoms with E-state index in [9.17, 15) is 17.6 Å². The lowest BCUT2D eigenvalue weighted by Crippen LogP contribution is -2.17. The molecule has 0 aliphatic heterocycles. The van der Waals surface area contributed by atoms with Gasteiger partial charge in [-0.05, 0) is 25.0 Å². The largest absolute Gasteiger partial charge is 0.389 e. The van der Waals surface area contributed by atoms with Gasteiger partial charge in [0.2, 0.25) is 0 Å². The zero-order valence-electron chi connectivity index (χ0n) is 9.52. The van der Waals surface area contributed by atoms with Crippen LogP contribution in [0.5, 0.6) is 0 Å². The van der Waals surface area contributed by atoms with Crippen molar-refractivity contribution in [2.24, 2.45) is 5.73 Å². The van der Waals surface area contributed by atoms with Crippen LogP contribution < -0.4 is 5.73 Å². The van der Waals surface area contributed by atoms with Crippen LogP contribution in [0, 0.1) is 12.7 Å². The van der Waals surface area contributed by atoms with Crippen molar-refractivity contribution in [1.29, 1.82) is 0 Å². The Bertz CT molecular complexity index is 407. The fourth-order valence-corrected chi connectivity index (χ4v) is 1.78. The first-order valence-electron chi connectivity index (χ1n) is 4.99. The molecule has 18 heavy (non-hydrogen) atoms. The predicted molar refractivity (Wildman–Crippen MR) is 65.6 cm³/mol. The lowest BCUT2D eigenvalue weighted by molar-refractivity contribution is -0.136. The van der Waals surface area contributed by atoms with Gasteiger partial charge in [0.25, 0.3) is 0 Å². The Morgan fingerprint density at radius 2 is 1.89 bits per heavy atom. The molecule has 0 saturated carbocycles. The molecule has 0 fully saturated rings. The minimum Gasteiger partial charge on any atom is -0.324 e. The maximum Gasteiger partial charge on any atom is 0.389 e. The first-order valence-corrected chi connectivity index (χ1v) is 5.37. The van der Waals surface area contributed by atoms with Crippen molar-refractivity contribution >= 4 is 24.0 Å². The highest BCUT2D eigenvalue weighted by Gasteiger charge is 2.29. The molecule has 1 atom stereocenters. The Kier molecular flexibility index (Phi) is 6.40. The molecule has 0 aromatic heterocycles. The summed E-state index contributed by atoms with van der Waals surface area (Å²) in [6.45, 7) is 1.64. The van der Waals surface area contributed by atoms with Gasteiger partial charge < -0.3 is 5.73 Å². The van der Waals surface area contributed by atoms with Crippen LogP contribution in [0.25, 0.3) is 0 Å². The summed E-state index contributed by atoms with van der Waals surface area (Å²) in [6.07, 6.45) is -5.74. The van der Waals surface area contributed by atoms with Gasteiger partial charge in [-0.15, -0.1) is 12.4 Å². The summed E-state index contributed by atoms with van der Waals surface area (Å²) in [5, 5.41) is 0.0969. The molecule has 0 amide bonds. The second kappa shape index (κ2) is 6.59. The number of hydrogen-bond donors (Lipinski definition) is 1. The third-order valence-electron chi connectivity index (χ3n) is 2.43. The highest BCUT2D eigenvalue weighted by molar-refractivity contribution is 6.32. The topological polar surface area (TPSA) is 26.0 Å². The number of halogens is 6. The second-order valence-corrected chi connectivity index (χ2v) is 4.23. The first kappa shape index (κ1) is 17.5. The van der Waals surface area contributed by atoms with E-state index in [1.165, 1.54) is 6.07 Å². The average Bonchev–Trinajstić information content (AvgIpc) is 2.20. The molecule has 0 unspecified atom stereocenters. The number of rotatable bonds is 3. The highest BCUT2D eigenvalue weighted by atomic mass is 35.5. The summed E-state index contributed by atoms with van der Waals surface area (Å²) >= 11 is 5.84. The van der Waals surface area contributed by atoms with Crippen LogP contribution >= 0.6 is 24.0 Å². The van der Waals surface area contributed by atoms with Gasteiger partial charge in [-0.1, -0.05) is 17.7 Å². The molecule has 0 aliphatic carbocycles. The van der Waals surface area contributed by atoms with Crippen molar-refractivity contribution in [1.82, 2.24) is 0 Å². The van der Waals surface area contributed by atoms with E-state index < -0.39 is 24.5 Å². The van der Waals surface area contributed by atoms with E-state index in [2.05, 4.69) is 0 Å². The Labute approximate surface area is 114 Å². The summed E-state index contributed by atoms with van der Waals surface area (Å²) in [5.74, 6) is -0.671. The summed E-state index contributed by atoms with van der Waals surface area (Å²) in [7, 11) is 0. The molecule has 2 N–H and O–H groups in total. The van der Waals surface area contributed by atoms with Crippen molar-refractivity contribution in [2.45, 2.75) is 32.0 Å². The number of alkyl halides is 3. The average molecular weight is 306 g/mol. The minimum atomic E-state index is -4.30. The van der Waals surface area contributed by atoms with E-state index in [0.29, 0.717) is 5.56 Å². The molecule has 0 bridgehead atoms. The van der Waals surface area contributed by atoms with Gasteiger partial charge in [0, 0.05) is 18.0 Å². The Morgan fingerprint density at radius 3 is 2.39 bits per heavy atom. The zero-order valence-corrected chi connectivity index (χ0v) is 11.1. The van der Waals surface area contributed by atoms with Crippen molar-refractivity contribution in [3.05, 3.63) is 34.1 Å². The van der Waals surface area contributed by atoms with E-state index in [0.717, 1.165) is 6.07 Å². The van der Waals surface area contributed by atoms with Crippen molar-refractivity contribution in [3.63, 3.8) is 0 Å². The molecule has 1 rings (SSSR count). The SMILES string of the molecule is Cc1ccc(F)c([C@H](N)CCC(F)(F)F)c1Cl.Cl. The smallest absolute Gasteiger partial charge is 0.324 e. The number of benzene rings is 1. The van der Waals surface area contributed by atoms with Gasteiger partial charge >= 0.3 is 6.18 Å². The molecule has 1 aromatic carbocycles. The van der Waals surface area contributed by atoms with Crippen LogP contribution in [0.15, 0.2) is 12.1 Å². The molecule has 0 spiro atoms. The molecule has 0 aliphatic rings. The highest BCUT2D eigenvalue weighted by Crippen LogP contribution is 2.32. The lowest BCUT2D eigenvalue weighted by atomic mass is 10.00. The molecular weight excluding hydrogens is 293 g/mol. The standard InChI is InChI=1S/C11H12ClF4N.ClH/c1-6-2-3-7(13)9(10(6)12)8(17)4-5-11(14,15)16;/h2-3,8H,4-5,17H2,1H3;1H/t8-;/m1./s1. The summed E-state index contributed by atoms with van der Waals surface area (Å²) in [5.41, 5.74) is 6.09. The fraction of sp³-hybridized carbons (Fsp3) is 0.455. The molecule has 0 saturated heterocycles. The number of hydrogen-bond acceptors (Lipinski definition) is 1. The minimum absolute atomic E-state index is 0. The monoisotopic (exact) mass is 305 g/mol. The molecule has 104 valence electrons. The van der Waals surface area contributed by atoms with Crippen molar-refractivity contribution in [3.8, 4) is 0 Å². The van der Waals surface area contributed by atoms with Gasteiger partial charge in [-0.25, -0.2) is 4.39 Å². The van der Waals surface area contributed by atoms with E-state index in [1.54, 1.807) is 6.92 Å². The molecule has 1 nitrogen and oxygen atoms in total. The van der Waals surface area contributed by atoms with E-state index in [-0.39, 0.29) is 29.4 Å². The third-order valence-corrected chi connectivity index (χ3v) is 2.93. The predicted octanol–water partition coefficient (Wildman–Crippen LogP) is 4.55. The zero-order chi connectivity index (χ0) is 13.2. The third kappa shape index (κ3) is 4.63. The molecule has 1 aromatic rings. The Morgan fingerprint density at radius 1 is 1.33 bits per heavy atom. The Balaban J connectivity index is 0.00000289. The summed E-state index contributed by atoms with van der Waals surface area (Å²) in [4.78, 5) is 0. The first-order chi connectivity index (χ1) is 7.72. The van der Waals surface area contributed by atoms with E-state index in [4.69, 9.17) is 17.3 Å². The van der Waals surface area contributed by atoms with Crippen molar-refractivity contribution in [2.75, 3.05) is 0 Å². The maximum atomic E-state index is 13.5. The molecular formula is C11H13Cl2F4N. The van der Waals surface area contributed by atoms with Crippen LogP contribution in [-0.4, -0.2) is 6.18 Å². The van der Waals surface area contributed by atoms with Gasteiger partial charge in [-0.2, -0.15) is 13.2 Å². The quantitative estimate of drug-likeness (QED) is 0.814. The normalized spacial score (nSPS) is 13.1. The molecule has 0 heterocycles. The van der Waals surface area contributed by atoms with Crippen LogP contribution in [0.2, 0.25) is 5.02 Å². The van der Waals surface area contributed by atoms with Gasteiger partial charge in [0.05, 0.1) is 5.02 Å². The van der Waals surface area contributed by atoms with Crippen molar-refractivity contribution < 1.29 is 17.6 Å². The van der Waals surface area contributed by atoms with Crippen LogP contribution in [0.1, 0.15) is 30.0 Å². The van der Waals surface area contributed by atoms with Gasteiger partial charge in [0.1, 0.15) is 5.82 Å². The lowest BCUT2D eigenvalue weighted by Gasteiger charge is -2.16. The molecule has 7 heteroatoms. The van der Waals surface area contributed by atoms with E-state index >= 15 is 0 Å². The Hall–Kier alpha value is -0.520. The van der Waals surface area contributed by atoms with Crippen LogP contribution in [-0.2, 0) is 0 Å². The number of aryl methyl sites for hydroxylation is 1. The second-order valence-electron chi connectivity index (χ2n) is 3.85. The molecule has 0 radical (unpaired) electrons. The van der Waals surface area contributed by atoms with Crippen LogP contribution in [0.4, 0.5) is 17.6 Å². The fourth-order valence-electron chi connectivity index (χ4n) is 1.48. The van der Waals surface area contributed by atoms with Gasteiger partial charge in [-0.3, -0.25) is 0 Å². The van der Waals surface area contributed by atoms with Crippen LogP contribution in [0.3, 0.4) is 0 Å². The summed E-state index contributed by atoms with van der Waals surface area (Å²) in [6, 6.07) is 1.56. The van der Waals surface area contributed by atoms with Gasteiger partial charge in [0.15, 0.2) is 0 Å².